The number of carbonyl (C=O) groups excluding carboxylic acids is 1. The lowest BCUT2D eigenvalue weighted by molar-refractivity contribution is 0.0937. The Morgan fingerprint density at radius 3 is 3.05 bits per heavy atom. The molecule has 0 spiro atoms. The van der Waals surface area contributed by atoms with Gasteiger partial charge in [0.1, 0.15) is 0 Å². The Balaban J connectivity index is 1.92. The van der Waals surface area contributed by atoms with Crippen LogP contribution in [0.5, 0.6) is 0 Å². The van der Waals surface area contributed by atoms with Gasteiger partial charge in [0.05, 0.1) is 16.3 Å². The van der Waals surface area contributed by atoms with E-state index in [4.69, 9.17) is 5.73 Å². The summed E-state index contributed by atoms with van der Waals surface area (Å²) in [5.74, 6) is 6.60. The van der Waals surface area contributed by atoms with Gasteiger partial charge in [-0.15, -0.1) is 11.3 Å². The molecule has 0 saturated heterocycles. The van der Waals surface area contributed by atoms with Gasteiger partial charge in [-0.25, -0.2) is 0 Å². The van der Waals surface area contributed by atoms with Crippen molar-refractivity contribution < 1.29 is 4.79 Å². The molecule has 0 aromatic carbocycles. The van der Waals surface area contributed by atoms with E-state index in [1.165, 1.54) is 30.6 Å². The molecule has 2 rings (SSSR count). The monoisotopic (exact) mass is 290 g/mol. The fourth-order valence-corrected chi connectivity index (χ4v) is 3.34. The summed E-state index contributed by atoms with van der Waals surface area (Å²) in [5.41, 5.74) is 5.34. The van der Waals surface area contributed by atoms with E-state index in [2.05, 4.69) is 24.1 Å². The summed E-state index contributed by atoms with van der Waals surface area (Å²) in [4.78, 5) is 13.9. The van der Waals surface area contributed by atoms with Gasteiger partial charge in [-0.05, 0) is 37.3 Å². The molecule has 1 aliphatic rings. The summed E-state index contributed by atoms with van der Waals surface area (Å²) in [6.07, 6.45) is 5.90. The molecule has 2 atom stereocenters. The molecular formula is C16H22N2OS. The zero-order valence-electron chi connectivity index (χ0n) is 11.9. The van der Waals surface area contributed by atoms with Crippen LogP contribution in [0.2, 0.25) is 0 Å². The van der Waals surface area contributed by atoms with Crippen molar-refractivity contribution in [1.29, 1.82) is 0 Å². The number of nitrogens with one attached hydrogen (secondary N) is 1. The SMILES string of the molecule is CC1CCCC(NC(=O)c2ccc(C#CCN)s2)CC1. The highest BCUT2D eigenvalue weighted by atomic mass is 32.1. The summed E-state index contributed by atoms with van der Waals surface area (Å²) in [6.45, 7) is 2.64. The summed E-state index contributed by atoms with van der Waals surface area (Å²) in [6, 6.07) is 4.06. The fourth-order valence-electron chi connectivity index (χ4n) is 2.55. The van der Waals surface area contributed by atoms with Gasteiger partial charge in [-0.3, -0.25) is 4.79 Å². The molecule has 2 unspecified atom stereocenters. The Bertz CT molecular complexity index is 512. The molecule has 1 aromatic rings. The Kier molecular flexibility index (Phi) is 5.63. The van der Waals surface area contributed by atoms with Crippen LogP contribution >= 0.6 is 11.3 Å². The molecule has 1 amide bonds. The number of nitrogens with two attached hydrogens (primary N) is 1. The first-order valence-corrected chi connectivity index (χ1v) is 8.10. The van der Waals surface area contributed by atoms with Gasteiger partial charge in [0.15, 0.2) is 0 Å². The molecule has 0 radical (unpaired) electrons. The van der Waals surface area contributed by atoms with Crippen molar-refractivity contribution in [3.63, 3.8) is 0 Å². The molecule has 0 bridgehead atoms. The average molecular weight is 290 g/mol. The van der Waals surface area contributed by atoms with Gasteiger partial charge in [-0.1, -0.05) is 31.6 Å². The predicted octanol–water partition coefficient (Wildman–Crippen LogP) is 2.76. The van der Waals surface area contributed by atoms with Crippen LogP contribution < -0.4 is 11.1 Å². The Morgan fingerprint density at radius 1 is 1.40 bits per heavy atom. The van der Waals surface area contributed by atoms with E-state index in [1.54, 1.807) is 0 Å². The maximum absolute atomic E-state index is 12.2. The first-order chi connectivity index (χ1) is 9.69. The fraction of sp³-hybridized carbons (Fsp3) is 0.562. The largest absolute Gasteiger partial charge is 0.349 e. The normalized spacial score (nSPS) is 22.5. The highest BCUT2D eigenvalue weighted by molar-refractivity contribution is 7.14. The van der Waals surface area contributed by atoms with E-state index in [-0.39, 0.29) is 5.91 Å². The Labute approximate surface area is 124 Å². The first kappa shape index (κ1) is 15.1. The molecule has 4 heteroatoms. The number of rotatable bonds is 2. The van der Waals surface area contributed by atoms with Gasteiger partial charge in [0.25, 0.3) is 5.91 Å². The van der Waals surface area contributed by atoms with Gasteiger partial charge < -0.3 is 11.1 Å². The molecule has 1 fully saturated rings. The van der Waals surface area contributed by atoms with E-state index < -0.39 is 0 Å². The lowest BCUT2D eigenvalue weighted by atomic mass is 10.0. The van der Waals surface area contributed by atoms with Crippen LogP contribution in [0.25, 0.3) is 0 Å². The molecule has 1 aliphatic carbocycles. The zero-order chi connectivity index (χ0) is 14.4. The third-order valence-corrected chi connectivity index (χ3v) is 4.74. The predicted molar refractivity (Wildman–Crippen MR) is 83.8 cm³/mol. The first-order valence-electron chi connectivity index (χ1n) is 7.28. The van der Waals surface area contributed by atoms with Crippen molar-refractivity contribution >= 4 is 17.2 Å². The summed E-state index contributed by atoms with van der Waals surface area (Å²) in [7, 11) is 0. The maximum atomic E-state index is 12.2. The van der Waals surface area contributed by atoms with Crippen LogP contribution in [-0.4, -0.2) is 18.5 Å². The minimum absolute atomic E-state index is 0.0374. The third-order valence-electron chi connectivity index (χ3n) is 3.74. The second-order valence-corrected chi connectivity index (χ2v) is 6.54. The molecule has 0 aliphatic heterocycles. The third kappa shape index (κ3) is 4.36. The van der Waals surface area contributed by atoms with E-state index in [1.807, 2.05) is 12.1 Å². The topological polar surface area (TPSA) is 55.1 Å². The van der Waals surface area contributed by atoms with Gasteiger partial charge in [0, 0.05) is 6.04 Å². The number of carbonyl (C=O) groups is 1. The Hall–Kier alpha value is -1.31. The molecule has 3 nitrogen and oxygen atoms in total. The summed E-state index contributed by atoms with van der Waals surface area (Å²) < 4.78 is 0. The van der Waals surface area contributed by atoms with Crippen molar-refractivity contribution in [2.45, 2.75) is 45.1 Å². The van der Waals surface area contributed by atoms with Crippen LogP contribution in [0.3, 0.4) is 0 Å². The van der Waals surface area contributed by atoms with E-state index in [0.717, 1.165) is 28.5 Å². The number of hydrogen-bond acceptors (Lipinski definition) is 3. The molecule has 108 valence electrons. The van der Waals surface area contributed by atoms with Crippen LogP contribution in [-0.2, 0) is 0 Å². The highest BCUT2D eigenvalue weighted by Gasteiger charge is 2.19. The standard InChI is InChI=1S/C16H22N2OS/c1-12-4-2-5-13(8-7-12)18-16(19)15-10-9-14(20-15)6-3-11-17/h9-10,12-13H,2,4-5,7-8,11,17H2,1H3,(H,18,19). The smallest absolute Gasteiger partial charge is 0.261 e. The molecular weight excluding hydrogens is 268 g/mol. The Morgan fingerprint density at radius 2 is 2.25 bits per heavy atom. The van der Waals surface area contributed by atoms with Crippen molar-refractivity contribution in [3.05, 3.63) is 21.9 Å². The zero-order valence-corrected chi connectivity index (χ0v) is 12.8. The lowest BCUT2D eigenvalue weighted by Crippen LogP contribution is -2.33. The summed E-state index contributed by atoms with van der Waals surface area (Å²) in [5, 5.41) is 3.16. The van der Waals surface area contributed by atoms with E-state index in [9.17, 15) is 4.79 Å². The molecule has 20 heavy (non-hydrogen) atoms. The molecule has 3 N–H and O–H groups in total. The minimum Gasteiger partial charge on any atom is -0.349 e. The van der Waals surface area contributed by atoms with Gasteiger partial charge >= 0.3 is 0 Å². The van der Waals surface area contributed by atoms with Crippen molar-refractivity contribution in [2.24, 2.45) is 11.7 Å². The second kappa shape index (κ2) is 7.47. The van der Waals surface area contributed by atoms with E-state index >= 15 is 0 Å². The van der Waals surface area contributed by atoms with Crippen molar-refractivity contribution in [1.82, 2.24) is 5.32 Å². The van der Waals surface area contributed by atoms with Crippen molar-refractivity contribution in [2.75, 3.05) is 6.54 Å². The van der Waals surface area contributed by atoms with Crippen LogP contribution in [0.1, 0.15) is 53.6 Å². The lowest BCUT2D eigenvalue weighted by Gasteiger charge is -2.15. The second-order valence-electron chi connectivity index (χ2n) is 5.45. The molecule has 1 aromatic heterocycles. The van der Waals surface area contributed by atoms with E-state index in [0.29, 0.717) is 12.6 Å². The molecule has 1 saturated carbocycles. The van der Waals surface area contributed by atoms with Crippen LogP contribution in [0, 0.1) is 17.8 Å². The highest BCUT2D eigenvalue weighted by Crippen LogP contribution is 2.23. The quantitative estimate of drug-likeness (QED) is 0.650. The van der Waals surface area contributed by atoms with Gasteiger partial charge in [-0.2, -0.15) is 0 Å². The summed E-state index contributed by atoms with van der Waals surface area (Å²) >= 11 is 1.43. The number of amides is 1. The van der Waals surface area contributed by atoms with Crippen LogP contribution in [0.4, 0.5) is 0 Å². The minimum atomic E-state index is 0.0374. The van der Waals surface area contributed by atoms with Gasteiger partial charge in [0.2, 0.25) is 0 Å². The molecule has 1 heterocycles. The number of hydrogen-bond donors (Lipinski definition) is 2. The van der Waals surface area contributed by atoms with Crippen LogP contribution in [0.15, 0.2) is 12.1 Å². The maximum Gasteiger partial charge on any atom is 0.261 e. The average Bonchev–Trinajstić information content (AvgIpc) is 2.82. The van der Waals surface area contributed by atoms with Crippen molar-refractivity contribution in [3.8, 4) is 11.8 Å². The number of thiophene rings is 1.